The number of esters is 2. The lowest BCUT2D eigenvalue weighted by Gasteiger charge is -2.40. The molecular formula is C39H39O21+. The van der Waals surface area contributed by atoms with E-state index in [2.05, 4.69) is 0 Å². The van der Waals surface area contributed by atoms with Crippen molar-refractivity contribution >= 4 is 35.0 Å². The predicted molar refractivity (Wildman–Crippen MR) is 197 cm³/mol. The SMILES string of the molecule is O=C(O)CC(=O)OC[C@H]1O[C@@H](Oc2cc(O)cc3[o+]c(-c4ccc(O)c(O)c4)c(O[C@@H]4O[C@H](COC(=O)/C=C/c5ccc(O)cc5)[C@@H](O)[C@H](O)[C@H]4O)cc23)[C@H](O)[C@@H](O)[C@@H]1O. The quantitative estimate of drug-likeness (QED) is 0.0274. The molecule has 3 heterocycles. The number of aromatic hydroxyl groups is 4. The predicted octanol–water partition coefficient (Wildman–Crippen LogP) is -0.149. The molecule has 2 fully saturated rings. The Morgan fingerprint density at radius 1 is 0.650 bits per heavy atom. The number of hydrogen-bond donors (Lipinski definition) is 11. The molecule has 10 atom stereocenters. The zero-order valence-corrected chi connectivity index (χ0v) is 30.8. The van der Waals surface area contributed by atoms with Gasteiger partial charge >= 0.3 is 29.3 Å². The van der Waals surface area contributed by atoms with Gasteiger partial charge in [-0.3, -0.25) is 9.59 Å². The minimum Gasteiger partial charge on any atom is -0.508 e. The lowest BCUT2D eigenvalue weighted by Crippen LogP contribution is -2.60. The highest BCUT2D eigenvalue weighted by Crippen LogP contribution is 2.43. The fraction of sp³-hybridized carbons (Fsp3) is 0.333. The number of aliphatic hydroxyl groups excluding tert-OH is 6. The Bertz CT molecular complexity index is 2230. The maximum Gasteiger partial charge on any atom is 0.402 e. The second-order valence-electron chi connectivity index (χ2n) is 13.6. The molecule has 1 aromatic heterocycles. The third-order valence-corrected chi connectivity index (χ3v) is 9.26. The van der Waals surface area contributed by atoms with Crippen LogP contribution in [0.1, 0.15) is 12.0 Å². The summed E-state index contributed by atoms with van der Waals surface area (Å²) in [5.41, 5.74) is 0.414. The molecule has 3 aromatic carbocycles. The smallest absolute Gasteiger partial charge is 0.402 e. The van der Waals surface area contributed by atoms with Crippen molar-refractivity contribution in [2.24, 2.45) is 0 Å². The molecule has 4 aromatic rings. The van der Waals surface area contributed by atoms with Gasteiger partial charge < -0.3 is 84.6 Å². The second-order valence-corrected chi connectivity index (χ2v) is 13.6. The van der Waals surface area contributed by atoms with E-state index in [1.54, 1.807) is 0 Å². The Morgan fingerprint density at radius 3 is 1.85 bits per heavy atom. The fourth-order valence-electron chi connectivity index (χ4n) is 6.09. The maximum atomic E-state index is 12.5. The van der Waals surface area contributed by atoms with E-state index in [9.17, 15) is 65.4 Å². The number of fused-ring (bicyclic) bond motifs is 1. The number of carbonyl (C=O) groups excluding carboxylic acids is 2. The summed E-state index contributed by atoms with van der Waals surface area (Å²) in [5.74, 6) is -6.07. The molecule has 0 bridgehead atoms. The number of phenolic OH excluding ortho intramolecular Hbond substituents is 4. The molecule has 0 amide bonds. The van der Waals surface area contributed by atoms with E-state index in [0.717, 1.165) is 30.3 Å². The molecule has 2 aliphatic rings. The Balaban J connectivity index is 1.30. The van der Waals surface area contributed by atoms with Crippen molar-refractivity contribution in [2.45, 2.75) is 67.8 Å². The third-order valence-electron chi connectivity index (χ3n) is 9.26. The number of hydrogen-bond acceptors (Lipinski definition) is 19. The van der Waals surface area contributed by atoms with Crippen LogP contribution in [0.15, 0.2) is 71.2 Å². The van der Waals surface area contributed by atoms with Crippen LogP contribution < -0.4 is 9.47 Å². The van der Waals surface area contributed by atoms with Gasteiger partial charge in [-0.25, -0.2) is 9.21 Å². The molecule has 320 valence electrons. The average molecular weight is 844 g/mol. The van der Waals surface area contributed by atoms with Crippen LogP contribution in [-0.4, -0.2) is 149 Å². The molecule has 21 nitrogen and oxygen atoms in total. The number of rotatable bonds is 13. The van der Waals surface area contributed by atoms with Crippen molar-refractivity contribution in [1.82, 2.24) is 0 Å². The fourth-order valence-corrected chi connectivity index (χ4v) is 6.09. The first-order valence-electron chi connectivity index (χ1n) is 17.9. The van der Waals surface area contributed by atoms with Gasteiger partial charge in [0.15, 0.2) is 11.5 Å². The molecule has 2 aliphatic heterocycles. The van der Waals surface area contributed by atoms with Crippen molar-refractivity contribution in [3.05, 3.63) is 72.3 Å². The number of carboxylic acids is 1. The number of phenols is 4. The summed E-state index contributed by atoms with van der Waals surface area (Å²) < 4.78 is 39.3. The van der Waals surface area contributed by atoms with E-state index >= 15 is 0 Å². The molecule has 0 unspecified atom stereocenters. The van der Waals surface area contributed by atoms with Crippen molar-refractivity contribution in [1.29, 1.82) is 0 Å². The first kappa shape index (κ1) is 43.3. The van der Waals surface area contributed by atoms with Gasteiger partial charge in [0.2, 0.25) is 18.3 Å². The number of aliphatic carboxylic acids is 1. The Hall–Kier alpha value is -6.30. The van der Waals surface area contributed by atoms with Gasteiger partial charge in [-0.1, -0.05) is 12.1 Å². The maximum absolute atomic E-state index is 12.5. The van der Waals surface area contributed by atoms with Gasteiger partial charge in [0, 0.05) is 24.3 Å². The normalized spacial score (nSPS) is 26.7. The van der Waals surface area contributed by atoms with Crippen LogP contribution in [0.25, 0.3) is 28.4 Å². The number of carbonyl (C=O) groups is 3. The summed E-state index contributed by atoms with van der Waals surface area (Å²) in [6.45, 7) is -1.42. The topological polar surface area (TPSA) is 340 Å². The van der Waals surface area contributed by atoms with Gasteiger partial charge in [-0.05, 0) is 35.9 Å². The van der Waals surface area contributed by atoms with Gasteiger partial charge in [0.05, 0.1) is 11.6 Å². The van der Waals surface area contributed by atoms with Crippen LogP contribution >= 0.6 is 0 Å². The number of carboxylic acid groups (broad SMARTS) is 1. The standard InChI is InChI=1S/C39H38O21/c40-18-5-1-16(2-6-18)3-8-29(46)54-14-26-31(48)34(51)36(53)39(60-26)58-25-12-20-23(56-37(25)17-4-7-21(42)22(43)9-17)10-19(41)11-24(20)57-38-35(52)33(50)32(49)27(59-38)15-55-30(47)13-28(44)45/h1-12,26-27,31-36,38-39,48-53H,13-15H2,(H4-,40,41,42,43,44,45,46)/p+1/t26-,27-,31-,32-,33+,34+,35-,36-,38-,39-/m1/s1. The summed E-state index contributed by atoms with van der Waals surface area (Å²) >= 11 is 0. The molecule has 6 rings (SSSR count). The molecule has 0 spiro atoms. The third kappa shape index (κ3) is 9.93. The number of aliphatic hydroxyl groups is 6. The highest BCUT2D eigenvalue weighted by Gasteiger charge is 2.48. The summed E-state index contributed by atoms with van der Waals surface area (Å²) in [7, 11) is 0. The summed E-state index contributed by atoms with van der Waals surface area (Å²) in [4.78, 5) is 35.2. The van der Waals surface area contributed by atoms with Gasteiger partial charge in [0.1, 0.15) is 91.1 Å². The summed E-state index contributed by atoms with van der Waals surface area (Å²) in [6.07, 6.45) is -16.8. The van der Waals surface area contributed by atoms with Crippen molar-refractivity contribution in [2.75, 3.05) is 13.2 Å². The molecule has 0 aliphatic carbocycles. The average Bonchev–Trinajstić information content (AvgIpc) is 3.20. The number of ether oxygens (including phenoxy) is 6. The van der Waals surface area contributed by atoms with Crippen LogP contribution in [-0.2, 0) is 33.3 Å². The monoisotopic (exact) mass is 843 g/mol. The number of benzene rings is 3. The summed E-state index contributed by atoms with van der Waals surface area (Å²) in [6, 6.07) is 12.7. The zero-order chi connectivity index (χ0) is 43.4. The highest BCUT2D eigenvalue weighted by molar-refractivity contribution is 5.90. The van der Waals surface area contributed by atoms with Gasteiger partial charge in [-0.15, -0.1) is 0 Å². The molecule has 0 radical (unpaired) electrons. The van der Waals surface area contributed by atoms with E-state index in [1.165, 1.54) is 42.5 Å². The molecular weight excluding hydrogens is 804 g/mol. The summed E-state index contributed by atoms with van der Waals surface area (Å²) in [5, 5.41) is 113. The lowest BCUT2D eigenvalue weighted by atomic mass is 9.99. The molecule has 0 saturated carbocycles. The van der Waals surface area contributed by atoms with Crippen LogP contribution in [0.2, 0.25) is 0 Å². The van der Waals surface area contributed by atoms with E-state index in [-0.39, 0.29) is 39.5 Å². The first-order chi connectivity index (χ1) is 28.5. The first-order valence-corrected chi connectivity index (χ1v) is 17.9. The molecule has 2 saturated heterocycles. The van der Waals surface area contributed by atoms with Gasteiger partial charge in [-0.2, -0.15) is 0 Å². The molecule has 11 N–H and O–H groups in total. The molecule has 21 heteroatoms. The van der Waals surface area contributed by atoms with Gasteiger partial charge in [0.25, 0.3) is 0 Å². The minimum atomic E-state index is -1.97. The lowest BCUT2D eigenvalue weighted by molar-refractivity contribution is -0.278. The minimum absolute atomic E-state index is 0.0133. The van der Waals surface area contributed by atoms with Crippen molar-refractivity contribution < 1.29 is 103 Å². The van der Waals surface area contributed by atoms with Crippen molar-refractivity contribution in [3.63, 3.8) is 0 Å². The van der Waals surface area contributed by atoms with E-state index in [4.69, 9.17) is 37.9 Å². The van der Waals surface area contributed by atoms with Crippen molar-refractivity contribution in [3.8, 4) is 45.8 Å². The van der Waals surface area contributed by atoms with Crippen LogP contribution in [0.3, 0.4) is 0 Å². The largest absolute Gasteiger partial charge is 0.508 e. The van der Waals surface area contributed by atoms with Crippen LogP contribution in [0, 0.1) is 0 Å². The van der Waals surface area contributed by atoms with E-state index in [1.807, 2.05) is 0 Å². The van der Waals surface area contributed by atoms with E-state index in [0.29, 0.717) is 5.56 Å². The van der Waals surface area contributed by atoms with Crippen LogP contribution in [0.4, 0.5) is 0 Å². The second kappa shape index (κ2) is 18.3. The van der Waals surface area contributed by atoms with Crippen LogP contribution in [0.5, 0.6) is 34.5 Å². The Morgan fingerprint density at radius 2 is 1.25 bits per heavy atom. The van der Waals surface area contributed by atoms with E-state index < -0.39 is 116 Å². The molecule has 60 heavy (non-hydrogen) atoms. The highest BCUT2D eigenvalue weighted by atomic mass is 16.7. The zero-order valence-electron chi connectivity index (χ0n) is 30.8. The Kier molecular flexibility index (Phi) is 13.2. The Labute approximate surface area is 337 Å².